The lowest BCUT2D eigenvalue weighted by molar-refractivity contribution is -0.384. The molecule has 0 fully saturated rings. The molecule has 0 aromatic heterocycles. The van der Waals surface area contributed by atoms with Gasteiger partial charge in [0.15, 0.2) is 0 Å². The number of nitro benzene ring substituents is 2. The van der Waals surface area contributed by atoms with Crippen LogP contribution in [0.25, 0.3) is 0 Å². The van der Waals surface area contributed by atoms with Gasteiger partial charge < -0.3 is 4.18 Å². The third-order valence-electron chi connectivity index (χ3n) is 3.55. The summed E-state index contributed by atoms with van der Waals surface area (Å²) in [7, 11) is -4.31. The standard InChI is InChI=1S/C12H7Cl2NO5S.C6H3Cl2NO2/c13-9-6-7-10(11(14)12(9)15(16)17)21(18,19)20-8-4-2-1-3-5-8;7-4-2-1-3-5(8)6(4)9(10)11/h1-7H;1-3H. The first kappa shape index (κ1) is 25.6. The summed E-state index contributed by atoms with van der Waals surface area (Å²) in [6, 6.07) is 14.2. The molecule has 3 aromatic rings. The van der Waals surface area contributed by atoms with Crippen LogP contribution in [0.5, 0.6) is 5.75 Å². The van der Waals surface area contributed by atoms with Gasteiger partial charge in [0.1, 0.15) is 30.7 Å². The molecule has 3 rings (SSSR count). The third kappa shape index (κ3) is 6.21. The maximum absolute atomic E-state index is 12.1. The van der Waals surface area contributed by atoms with E-state index in [-0.39, 0.29) is 26.5 Å². The van der Waals surface area contributed by atoms with E-state index in [1.54, 1.807) is 24.3 Å². The van der Waals surface area contributed by atoms with Gasteiger partial charge in [-0.25, -0.2) is 0 Å². The second kappa shape index (κ2) is 10.8. The minimum Gasteiger partial charge on any atom is -0.379 e. The Hall–Kier alpha value is -2.63. The van der Waals surface area contributed by atoms with Crippen LogP contribution in [-0.2, 0) is 10.1 Å². The summed E-state index contributed by atoms with van der Waals surface area (Å²) in [5, 5.41) is 20.4. The monoisotopic (exact) mass is 538 g/mol. The van der Waals surface area contributed by atoms with Crippen LogP contribution < -0.4 is 4.18 Å². The molecule has 0 unspecified atom stereocenters. The van der Waals surface area contributed by atoms with Crippen LogP contribution in [0, 0.1) is 20.2 Å². The zero-order valence-corrected chi connectivity index (χ0v) is 19.3. The number of nitro groups is 2. The predicted octanol–water partition coefficient (Wildman–Crippen LogP) is 6.57. The molecule has 0 radical (unpaired) electrons. The van der Waals surface area contributed by atoms with E-state index < -0.39 is 35.6 Å². The number of nitrogens with zero attached hydrogens (tertiary/aromatic N) is 2. The first-order valence-electron chi connectivity index (χ1n) is 8.16. The maximum atomic E-state index is 12.1. The van der Waals surface area contributed by atoms with Crippen molar-refractivity contribution in [3.05, 3.63) is 101 Å². The van der Waals surface area contributed by atoms with Gasteiger partial charge in [0.05, 0.1) is 9.85 Å². The van der Waals surface area contributed by atoms with Crippen molar-refractivity contribution in [1.82, 2.24) is 0 Å². The maximum Gasteiger partial charge on any atom is 0.340 e. The van der Waals surface area contributed by atoms with Crippen LogP contribution in [0.1, 0.15) is 0 Å². The van der Waals surface area contributed by atoms with E-state index in [9.17, 15) is 28.6 Å². The summed E-state index contributed by atoms with van der Waals surface area (Å²) >= 11 is 22.4. The molecule has 0 bridgehead atoms. The Morgan fingerprint density at radius 1 is 0.688 bits per heavy atom. The molecule has 14 heteroatoms. The zero-order valence-electron chi connectivity index (χ0n) is 15.4. The van der Waals surface area contributed by atoms with Gasteiger partial charge >= 0.3 is 21.5 Å². The molecule has 0 N–H and O–H groups in total. The number of halogens is 4. The van der Waals surface area contributed by atoms with Crippen LogP contribution in [0.2, 0.25) is 20.1 Å². The SMILES string of the molecule is O=[N+]([O-])c1c(Cl)ccc(S(=O)(=O)Oc2ccccc2)c1Cl.O=[N+]([O-])c1c(Cl)cccc1Cl. The summed E-state index contributed by atoms with van der Waals surface area (Å²) in [6.45, 7) is 0. The average molecular weight is 540 g/mol. The van der Waals surface area contributed by atoms with E-state index in [0.717, 1.165) is 12.1 Å². The van der Waals surface area contributed by atoms with Gasteiger partial charge in [-0.05, 0) is 36.4 Å². The Bertz CT molecular complexity index is 1250. The number of rotatable bonds is 5. The van der Waals surface area contributed by atoms with Gasteiger partial charge in [-0.3, -0.25) is 20.2 Å². The number of hydrogen-bond donors (Lipinski definition) is 0. The molecule has 3 aromatic carbocycles. The summed E-state index contributed by atoms with van der Waals surface area (Å²) in [4.78, 5) is 19.2. The first-order valence-corrected chi connectivity index (χ1v) is 11.1. The lowest BCUT2D eigenvalue weighted by Crippen LogP contribution is -2.11. The van der Waals surface area contributed by atoms with Crippen molar-refractivity contribution in [2.24, 2.45) is 0 Å². The molecule has 0 aliphatic rings. The normalized spacial score (nSPS) is 10.6. The Balaban J connectivity index is 0.000000278. The Morgan fingerprint density at radius 3 is 1.66 bits per heavy atom. The highest BCUT2D eigenvalue weighted by molar-refractivity contribution is 7.87. The fourth-order valence-corrected chi connectivity index (χ4v) is 4.53. The molecule has 168 valence electrons. The summed E-state index contributed by atoms with van der Waals surface area (Å²) in [5.41, 5.74) is -0.924. The van der Waals surface area contributed by atoms with E-state index in [0.29, 0.717) is 0 Å². The molecule has 0 heterocycles. The van der Waals surface area contributed by atoms with E-state index in [1.165, 1.54) is 24.3 Å². The average Bonchev–Trinajstić information content (AvgIpc) is 2.68. The molecular weight excluding hydrogens is 530 g/mol. The molecule has 32 heavy (non-hydrogen) atoms. The molecule has 0 saturated heterocycles. The van der Waals surface area contributed by atoms with Gasteiger partial charge in [-0.2, -0.15) is 8.42 Å². The number of para-hydroxylation sites is 2. The summed E-state index contributed by atoms with van der Waals surface area (Å²) in [6.07, 6.45) is 0. The minimum atomic E-state index is -4.31. The fourth-order valence-electron chi connectivity index (χ4n) is 2.19. The molecule has 0 aliphatic carbocycles. The molecule has 0 aliphatic heterocycles. The Kier molecular flexibility index (Phi) is 8.65. The molecule has 0 spiro atoms. The molecule has 0 amide bonds. The van der Waals surface area contributed by atoms with E-state index in [4.69, 9.17) is 50.6 Å². The Labute approximate surface area is 201 Å². The second-order valence-corrected chi connectivity index (χ2v) is 8.76. The topological polar surface area (TPSA) is 130 Å². The largest absolute Gasteiger partial charge is 0.379 e. The van der Waals surface area contributed by atoms with Gasteiger partial charge in [0.2, 0.25) is 0 Å². The van der Waals surface area contributed by atoms with Crippen molar-refractivity contribution in [3.63, 3.8) is 0 Å². The van der Waals surface area contributed by atoms with Gasteiger partial charge in [-0.15, -0.1) is 0 Å². The van der Waals surface area contributed by atoms with Crippen molar-refractivity contribution in [3.8, 4) is 5.75 Å². The summed E-state index contributed by atoms with van der Waals surface area (Å²) in [5.74, 6) is 0.0613. The first-order chi connectivity index (χ1) is 15.0. The fraction of sp³-hybridized carbons (Fsp3) is 0. The lowest BCUT2D eigenvalue weighted by Gasteiger charge is -2.09. The second-order valence-electron chi connectivity index (χ2n) is 5.64. The van der Waals surface area contributed by atoms with Crippen LogP contribution in [0.15, 0.2) is 65.6 Å². The van der Waals surface area contributed by atoms with Crippen molar-refractivity contribution < 1.29 is 22.4 Å². The smallest absolute Gasteiger partial charge is 0.340 e. The van der Waals surface area contributed by atoms with Gasteiger partial charge in [0, 0.05) is 0 Å². The van der Waals surface area contributed by atoms with Crippen molar-refractivity contribution in [2.45, 2.75) is 4.90 Å². The van der Waals surface area contributed by atoms with Crippen LogP contribution in [0.4, 0.5) is 11.4 Å². The molecule has 9 nitrogen and oxygen atoms in total. The van der Waals surface area contributed by atoms with Crippen LogP contribution in [-0.4, -0.2) is 18.3 Å². The van der Waals surface area contributed by atoms with Crippen LogP contribution in [0.3, 0.4) is 0 Å². The molecule has 0 atom stereocenters. The van der Waals surface area contributed by atoms with Gasteiger partial charge in [-0.1, -0.05) is 70.7 Å². The quantitative estimate of drug-likeness (QED) is 0.203. The third-order valence-corrected chi connectivity index (χ3v) is 6.25. The number of benzene rings is 3. The lowest BCUT2D eigenvalue weighted by atomic mass is 10.3. The van der Waals surface area contributed by atoms with Crippen molar-refractivity contribution >= 4 is 67.9 Å². The van der Waals surface area contributed by atoms with E-state index >= 15 is 0 Å². The number of hydrogen-bond acceptors (Lipinski definition) is 7. The summed E-state index contributed by atoms with van der Waals surface area (Å²) < 4.78 is 29.1. The van der Waals surface area contributed by atoms with Crippen molar-refractivity contribution in [1.29, 1.82) is 0 Å². The van der Waals surface area contributed by atoms with E-state index in [2.05, 4.69) is 0 Å². The minimum absolute atomic E-state index is 0.0579. The van der Waals surface area contributed by atoms with Crippen LogP contribution >= 0.6 is 46.4 Å². The predicted molar refractivity (Wildman–Crippen MR) is 120 cm³/mol. The van der Waals surface area contributed by atoms with Crippen molar-refractivity contribution in [2.75, 3.05) is 0 Å². The van der Waals surface area contributed by atoms with Gasteiger partial charge in [0.25, 0.3) is 0 Å². The van der Waals surface area contributed by atoms with E-state index in [1.807, 2.05) is 0 Å². The highest BCUT2D eigenvalue weighted by atomic mass is 35.5. The highest BCUT2D eigenvalue weighted by Crippen LogP contribution is 2.38. The zero-order chi connectivity index (χ0) is 24.1. The molecule has 0 saturated carbocycles. The highest BCUT2D eigenvalue weighted by Gasteiger charge is 2.29. The molecular formula is C18H10Cl4N2O7S. The Morgan fingerprint density at radius 2 is 1.19 bits per heavy atom.